The fourth-order valence-corrected chi connectivity index (χ4v) is 4.01. The summed E-state index contributed by atoms with van der Waals surface area (Å²) in [7, 11) is 0. The number of carbonyl (C=O) groups excluding carboxylic acids is 1. The molecule has 1 unspecified atom stereocenters. The molecule has 0 aliphatic carbocycles. The number of likely N-dealkylation sites (tertiary alicyclic amines) is 1. The average Bonchev–Trinajstić information content (AvgIpc) is 3.43. The molecule has 1 amide bonds. The molecule has 1 N–H and O–H groups in total. The summed E-state index contributed by atoms with van der Waals surface area (Å²) < 4.78 is 6.12. The lowest BCUT2D eigenvalue weighted by Crippen LogP contribution is -2.24. The third-order valence-corrected chi connectivity index (χ3v) is 5.75. The number of hydrogen-bond donors (Lipinski definition) is 1. The third-order valence-electron chi connectivity index (χ3n) is 4.88. The smallest absolute Gasteiger partial charge is 0.265 e. The fraction of sp³-hybridized carbons (Fsp3) is 0.217. The Morgan fingerprint density at radius 2 is 1.97 bits per heavy atom. The standard InChI is InChI=1S/C23H21N3O2S/c24-14-17-3-5-18(6-4-17)15-26-12-11-21(16-26)28-20-9-7-19(8-10-20)25-23(27)22-2-1-13-29-22/h1-10,13,21H,11-12,15-16H2,(H,25,27). The second-order valence-corrected chi connectivity index (χ2v) is 7.98. The number of thiophene rings is 1. The van der Waals surface area contributed by atoms with Crippen LogP contribution in [-0.4, -0.2) is 30.0 Å². The highest BCUT2D eigenvalue weighted by Crippen LogP contribution is 2.22. The van der Waals surface area contributed by atoms with E-state index < -0.39 is 0 Å². The van der Waals surface area contributed by atoms with Gasteiger partial charge in [0, 0.05) is 25.3 Å². The van der Waals surface area contributed by atoms with Crippen molar-refractivity contribution in [3.05, 3.63) is 82.0 Å². The molecule has 1 aromatic heterocycles. The molecule has 2 aromatic carbocycles. The minimum absolute atomic E-state index is 0.0945. The zero-order chi connectivity index (χ0) is 20.1. The van der Waals surface area contributed by atoms with Gasteiger partial charge < -0.3 is 10.1 Å². The Morgan fingerprint density at radius 1 is 1.17 bits per heavy atom. The summed E-state index contributed by atoms with van der Waals surface area (Å²) in [5.41, 5.74) is 2.64. The highest BCUT2D eigenvalue weighted by molar-refractivity contribution is 7.12. The van der Waals surface area contributed by atoms with Crippen molar-refractivity contribution in [2.75, 3.05) is 18.4 Å². The van der Waals surface area contributed by atoms with Crippen LogP contribution < -0.4 is 10.1 Å². The van der Waals surface area contributed by atoms with Gasteiger partial charge in [-0.05, 0) is 59.8 Å². The van der Waals surface area contributed by atoms with Gasteiger partial charge in [-0.1, -0.05) is 18.2 Å². The van der Waals surface area contributed by atoms with Gasteiger partial charge in [-0.15, -0.1) is 11.3 Å². The second-order valence-electron chi connectivity index (χ2n) is 7.03. The summed E-state index contributed by atoms with van der Waals surface area (Å²) in [6.07, 6.45) is 1.13. The van der Waals surface area contributed by atoms with Crippen molar-refractivity contribution >= 4 is 22.9 Å². The molecule has 0 radical (unpaired) electrons. The number of rotatable bonds is 6. The molecule has 5 nitrogen and oxygen atoms in total. The van der Waals surface area contributed by atoms with Crippen LogP contribution in [-0.2, 0) is 6.54 Å². The minimum Gasteiger partial charge on any atom is -0.489 e. The summed E-state index contributed by atoms with van der Waals surface area (Å²) >= 11 is 1.42. The maximum atomic E-state index is 12.1. The number of hydrogen-bond acceptors (Lipinski definition) is 5. The van der Waals surface area contributed by atoms with Gasteiger partial charge in [0.15, 0.2) is 0 Å². The topological polar surface area (TPSA) is 65.4 Å². The van der Waals surface area contributed by atoms with Crippen molar-refractivity contribution in [1.82, 2.24) is 4.90 Å². The van der Waals surface area contributed by atoms with E-state index in [0.29, 0.717) is 10.4 Å². The number of nitrogens with zero attached hydrogens (tertiary/aromatic N) is 2. The summed E-state index contributed by atoms with van der Waals surface area (Å²) in [5, 5.41) is 13.7. The first kappa shape index (κ1) is 19.2. The molecule has 1 aliphatic heterocycles. The average molecular weight is 404 g/mol. The van der Waals surface area contributed by atoms with Crippen LogP contribution in [0.3, 0.4) is 0 Å². The highest BCUT2D eigenvalue weighted by Gasteiger charge is 2.24. The van der Waals surface area contributed by atoms with Crippen molar-refractivity contribution in [1.29, 1.82) is 5.26 Å². The highest BCUT2D eigenvalue weighted by atomic mass is 32.1. The number of nitriles is 1. The number of carbonyl (C=O) groups is 1. The zero-order valence-electron chi connectivity index (χ0n) is 15.9. The van der Waals surface area contributed by atoms with E-state index >= 15 is 0 Å². The molecule has 146 valence electrons. The van der Waals surface area contributed by atoms with Crippen molar-refractivity contribution in [3.63, 3.8) is 0 Å². The molecule has 0 saturated carbocycles. The molecule has 0 bridgehead atoms. The number of benzene rings is 2. The van der Waals surface area contributed by atoms with E-state index in [0.717, 1.165) is 37.5 Å². The Labute approximate surface area is 174 Å². The molecule has 1 atom stereocenters. The predicted octanol–water partition coefficient (Wildman–Crippen LogP) is 4.53. The van der Waals surface area contributed by atoms with Crippen molar-refractivity contribution in [2.24, 2.45) is 0 Å². The normalized spacial score (nSPS) is 16.3. The van der Waals surface area contributed by atoms with Gasteiger partial charge in [-0.25, -0.2) is 0 Å². The summed E-state index contributed by atoms with van der Waals surface area (Å²) in [5.74, 6) is 0.715. The lowest BCUT2D eigenvalue weighted by molar-refractivity contribution is 0.103. The van der Waals surface area contributed by atoms with E-state index in [2.05, 4.69) is 16.3 Å². The van der Waals surface area contributed by atoms with Crippen LogP contribution in [0, 0.1) is 11.3 Å². The van der Waals surface area contributed by atoms with Crippen LogP contribution in [0.25, 0.3) is 0 Å². The van der Waals surface area contributed by atoms with Gasteiger partial charge >= 0.3 is 0 Å². The molecule has 29 heavy (non-hydrogen) atoms. The molecular formula is C23H21N3O2S. The van der Waals surface area contributed by atoms with Gasteiger partial charge in [0.25, 0.3) is 5.91 Å². The van der Waals surface area contributed by atoms with Crippen molar-refractivity contribution in [3.8, 4) is 11.8 Å². The van der Waals surface area contributed by atoms with E-state index in [1.165, 1.54) is 16.9 Å². The van der Waals surface area contributed by atoms with Crippen LogP contribution in [0.2, 0.25) is 0 Å². The summed E-state index contributed by atoms with van der Waals surface area (Å²) in [4.78, 5) is 15.2. The van der Waals surface area contributed by atoms with E-state index in [1.54, 1.807) is 6.07 Å². The first-order valence-corrected chi connectivity index (χ1v) is 10.4. The molecule has 4 rings (SSSR count). The number of amides is 1. The Balaban J connectivity index is 1.27. The van der Waals surface area contributed by atoms with Crippen LogP contribution >= 0.6 is 11.3 Å². The number of anilines is 1. The molecule has 1 saturated heterocycles. The van der Waals surface area contributed by atoms with Crippen molar-refractivity contribution in [2.45, 2.75) is 19.1 Å². The van der Waals surface area contributed by atoms with Gasteiger partial charge in [0.2, 0.25) is 0 Å². The van der Waals surface area contributed by atoms with Gasteiger partial charge in [-0.3, -0.25) is 9.69 Å². The Morgan fingerprint density at radius 3 is 2.66 bits per heavy atom. The molecular weight excluding hydrogens is 382 g/mol. The number of ether oxygens (including phenoxy) is 1. The van der Waals surface area contributed by atoms with Gasteiger partial charge in [-0.2, -0.15) is 5.26 Å². The lowest BCUT2D eigenvalue weighted by Gasteiger charge is -2.17. The van der Waals surface area contributed by atoms with Gasteiger partial charge in [0.1, 0.15) is 11.9 Å². The first-order valence-electron chi connectivity index (χ1n) is 9.52. The first-order chi connectivity index (χ1) is 14.2. The Kier molecular flexibility index (Phi) is 5.89. The van der Waals surface area contributed by atoms with E-state index in [9.17, 15) is 4.79 Å². The maximum Gasteiger partial charge on any atom is 0.265 e. The summed E-state index contributed by atoms with van der Waals surface area (Å²) in [6.45, 7) is 2.72. The quantitative estimate of drug-likeness (QED) is 0.657. The van der Waals surface area contributed by atoms with Crippen LogP contribution in [0.5, 0.6) is 5.75 Å². The van der Waals surface area contributed by atoms with Crippen LogP contribution in [0.1, 0.15) is 27.2 Å². The van der Waals surface area contributed by atoms with E-state index in [4.69, 9.17) is 10.00 Å². The zero-order valence-corrected chi connectivity index (χ0v) is 16.7. The molecule has 3 aromatic rings. The van der Waals surface area contributed by atoms with Crippen molar-refractivity contribution < 1.29 is 9.53 Å². The van der Waals surface area contributed by atoms with E-state index in [1.807, 2.05) is 60.0 Å². The SMILES string of the molecule is N#Cc1ccc(CN2CCC(Oc3ccc(NC(=O)c4cccs4)cc3)C2)cc1. The molecule has 6 heteroatoms. The molecule has 1 aliphatic rings. The molecule has 0 spiro atoms. The van der Waals surface area contributed by atoms with E-state index in [-0.39, 0.29) is 12.0 Å². The fourth-order valence-electron chi connectivity index (χ4n) is 3.39. The maximum absolute atomic E-state index is 12.1. The monoisotopic (exact) mass is 403 g/mol. The Bertz CT molecular complexity index is 992. The largest absolute Gasteiger partial charge is 0.489 e. The van der Waals surface area contributed by atoms with Gasteiger partial charge in [0.05, 0.1) is 16.5 Å². The second kappa shape index (κ2) is 8.91. The summed E-state index contributed by atoms with van der Waals surface area (Å²) in [6, 6.07) is 21.1. The predicted molar refractivity (Wildman–Crippen MR) is 114 cm³/mol. The van der Waals surface area contributed by atoms with Crippen LogP contribution in [0.4, 0.5) is 5.69 Å². The third kappa shape index (κ3) is 5.02. The Hall–Kier alpha value is -3.14. The van der Waals surface area contributed by atoms with Crippen LogP contribution in [0.15, 0.2) is 66.0 Å². The number of nitrogens with one attached hydrogen (secondary N) is 1. The molecule has 1 fully saturated rings. The minimum atomic E-state index is -0.0945. The molecule has 2 heterocycles. The lowest BCUT2D eigenvalue weighted by atomic mass is 10.1.